The second kappa shape index (κ2) is 4.33. The topological polar surface area (TPSA) is 20.2 Å². The molecule has 0 atom stereocenters. The van der Waals surface area contributed by atoms with E-state index in [1.165, 1.54) is 34.3 Å². The van der Waals surface area contributed by atoms with Crippen LogP contribution in [0.1, 0.15) is 37.0 Å². The van der Waals surface area contributed by atoms with Crippen LogP contribution in [0.25, 0.3) is 0 Å². The molecule has 1 fully saturated rings. The summed E-state index contributed by atoms with van der Waals surface area (Å²) in [6, 6.07) is 4.34. The zero-order valence-corrected chi connectivity index (χ0v) is 10.5. The van der Waals surface area contributed by atoms with Gasteiger partial charge in [0.25, 0.3) is 0 Å². The third-order valence-corrected chi connectivity index (χ3v) is 5.12. The van der Waals surface area contributed by atoms with Crippen molar-refractivity contribution in [2.75, 3.05) is 6.61 Å². The highest BCUT2D eigenvalue weighted by atomic mass is 79.9. The van der Waals surface area contributed by atoms with E-state index in [1.54, 1.807) is 0 Å². The molecule has 78 valence electrons. The molecule has 0 radical (unpaired) electrons. The lowest BCUT2D eigenvalue weighted by molar-refractivity contribution is 0.239. The van der Waals surface area contributed by atoms with Crippen LogP contribution in [-0.2, 0) is 5.41 Å². The fourth-order valence-corrected chi connectivity index (χ4v) is 4.14. The molecule has 0 aromatic carbocycles. The lowest BCUT2D eigenvalue weighted by atomic mass is 9.81. The van der Waals surface area contributed by atoms with E-state index in [1.807, 2.05) is 11.3 Å². The minimum atomic E-state index is 0.297. The molecule has 0 aliphatic heterocycles. The van der Waals surface area contributed by atoms with Gasteiger partial charge in [-0.2, -0.15) is 0 Å². The van der Waals surface area contributed by atoms with E-state index in [0.717, 1.165) is 6.42 Å². The monoisotopic (exact) mass is 274 g/mol. The maximum Gasteiger partial charge on any atom is 0.0701 e. The summed E-state index contributed by atoms with van der Waals surface area (Å²) in [5, 5.41) is 9.15. The Morgan fingerprint density at radius 1 is 1.36 bits per heavy atom. The summed E-state index contributed by atoms with van der Waals surface area (Å²) in [7, 11) is 0. The molecular formula is C11H15BrOS. The largest absolute Gasteiger partial charge is 0.396 e. The molecule has 1 saturated carbocycles. The van der Waals surface area contributed by atoms with E-state index in [0.29, 0.717) is 12.0 Å². The van der Waals surface area contributed by atoms with Crippen LogP contribution in [-0.4, -0.2) is 11.7 Å². The molecule has 3 heteroatoms. The van der Waals surface area contributed by atoms with Crippen molar-refractivity contribution in [3.05, 3.63) is 20.8 Å². The van der Waals surface area contributed by atoms with Crippen molar-refractivity contribution in [3.63, 3.8) is 0 Å². The summed E-state index contributed by atoms with van der Waals surface area (Å²) in [5.41, 5.74) is 0.297. The average molecular weight is 275 g/mol. The van der Waals surface area contributed by atoms with Gasteiger partial charge in [0.1, 0.15) is 0 Å². The molecule has 0 spiro atoms. The lowest BCUT2D eigenvalue weighted by Crippen LogP contribution is -2.22. The van der Waals surface area contributed by atoms with Crippen LogP contribution in [0, 0.1) is 0 Å². The van der Waals surface area contributed by atoms with Gasteiger partial charge in [0, 0.05) is 16.9 Å². The molecule has 14 heavy (non-hydrogen) atoms. The van der Waals surface area contributed by atoms with Gasteiger partial charge in [0.2, 0.25) is 0 Å². The number of thiophene rings is 1. The first kappa shape index (κ1) is 10.7. The van der Waals surface area contributed by atoms with Crippen molar-refractivity contribution in [2.45, 2.75) is 37.5 Å². The molecular weight excluding hydrogens is 260 g/mol. The minimum absolute atomic E-state index is 0.297. The van der Waals surface area contributed by atoms with Gasteiger partial charge < -0.3 is 5.11 Å². The van der Waals surface area contributed by atoms with E-state index < -0.39 is 0 Å². The van der Waals surface area contributed by atoms with Gasteiger partial charge in [-0.1, -0.05) is 12.8 Å². The average Bonchev–Trinajstić information content (AvgIpc) is 2.75. The first-order valence-electron chi connectivity index (χ1n) is 5.13. The van der Waals surface area contributed by atoms with Crippen molar-refractivity contribution in [2.24, 2.45) is 0 Å². The Kier molecular flexibility index (Phi) is 3.30. The Morgan fingerprint density at radius 2 is 2.07 bits per heavy atom. The van der Waals surface area contributed by atoms with Gasteiger partial charge in [-0.3, -0.25) is 0 Å². The van der Waals surface area contributed by atoms with E-state index >= 15 is 0 Å². The third kappa shape index (κ3) is 1.90. The van der Waals surface area contributed by atoms with E-state index in [4.69, 9.17) is 5.11 Å². The lowest BCUT2D eigenvalue weighted by Gasteiger charge is -2.26. The molecule has 1 aliphatic carbocycles. The highest BCUT2D eigenvalue weighted by Crippen LogP contribution is 2.46. The van der Waals surface area contributed by atoms with Crippen LogP contribution in [0.15, 0.2) is 15.9 Å². The number of rotatable bonds is 3. The molecule has 0 unspecified atom stereocenters. The number of aliphatic hydroxyl groups is 1. The number of hydrogen-bond acceptors (Lipinski definition) is 2. The molecule has 1 aromatic rings. The number of aliphatic hydroxyl groups excluding tert-OH is 1. The van der Waals surface area contributed by atoms with E-state index in [-0.39, 0.29) is 0 Å². The van der Waals surface area contributed by atoms with Crippen LogP contribution in [0.4, 0.5) is 0 Å². The summed E-state index contributed by atoms with van der Waals surface area (Å²) in [5.74, 6) is 0. The highest BCUT2D eigenvalue weighted by molar-refractivity contribution is 9.11. The Hall–Kier alpha value is 0.140. The Morgan fingerprint density at radius 3 is 2.57 bits per heavy atom. The van der Waals surface area contributed by atoms with Crippen molar-refractivity contribution < 1.29 is 5.11 Å². The normalized spacial score (nSPS) is 20.1. The summed E-state index contributed by atoms with van der Waals surface area (Å²) in [4.78, 5) is 1.45. The van der Waals surface area contributed by atoms with Crippen molar-refractivity contribution >= 4 is 27.3 Å². The summed E-state index contributed by atoms with van der Waals surface area (Å²) in [6.07, 6.45) is 6.06. The maximum absolute atomic E-state index is 9.15. The second-order valence-corrected chi connectivity index (χ2v) is 6.53. The van der Waals surface area contributed by atoms with Crippen molar-refractivity contribution in [1.82, 2.24) is 0 Å². The SMILES string of the molecule is OCCC1(c2ccc(Br)s2)CCCC1. The minimum Gasteiger partial charge on any atom is -0.396 e. The third-order valence-electron chi connectivity index (χ3n) is 3.25. The van der Waals surface area contributed by atoms with E-state index in [2.05, 4.69) is 28.1 Å². The predicted molar refractivity (Wildman–Crippen MR) is 63.9 cm³/mol. The molecule has 1 aromatic heterocycles. The summed E-state index contributed by atoms with van der Waals surface area (Å²) < 4.78 is 1.21. The Bertz CT molecular complexity index is 302. The van der Waals surface area contributed by atoms with Crippen LogP contribution in [0.3, 0.4) is 0 Å². The fourth-order valence-electron chi connectivity index (χ4n) is 2.48. The van der Waals surface area contributed by atoms with Crippen LogP contribution >= 0.6 is 27.3 Å². The Labute approximate surface area is 97.3 Å². The molecule has 1 aliphatic rings. The first-order valence-corrected chi connectivity index (χ1v) is 6.74. The summed E-state index contributed by atoms with van der Waals surface area (Å²) in [6.45, 7) is 0.315. The molecule has 2 rings (SSSR count). The van der Waals surface area contributed by atoms with Gasteiger partial charge in [-0.05, 0) is 47.3 Å². The summed E-state index contributed by atoms with van der Waals surface area (Å²) >= 11 is 5.34. The van der Waals surface area contributed by atoms with Gasteiger partial charge >= 0.3 is 0 Å². The maximum atomic E-state index is 9.15. The number of hydrogen-bond donors (Lipinski definition) is 1. The standard InChI is InChI=1S/C11H15BrOS/c12-10-4-3-9(14-10)11(7-8-13)5-1-2-6-11/h3-4,13H,1-2,5-8H2. The van der Waals surface area contributed by atoms with Crippen molar-refractivity contribution in [1.29, 1.82) is 0 Å². The van der Waals surface area contributed by atoms with E-state index in [9.17, 15) is 0 Å². The fraction of sp³-hybridized carbons (Fsp3) is 0.636. The highest BCUT2D eigenvalue weighted by Gasteiger charge is 2.36. The zero-order valence-electron chi connectivity index (χ0n) is 8.13. The molecule has 0 bridgehead atoms. The Balaban J connectivity index is 2.26. The smallest absolute Gasteiger partial charge is 0.0701 e. The molecule has 0 amide bonds. The molecule has 1 nitrogen and oxygen atoms in total. The van der Waals surface area contributed by atoms with Crippen LogP contribution < -0.4 is 0 Å². The van der Waals surface area contributed by atoms with Gasteiger partial charge in [-0.25, -0.2) is 0 Å². The molecule has 1 N–H and O–H groups in total. The zero-order chi connectivity index (χ0) is 10.0. The first-order chi connectivity index (χ1) is 6.77. The molecule has 0 saturated heterocycles. The van der Waals surface area contributed by atoms with Crippen LogP contribution in [0.5, 0.6) is 0 Å². The predicted octanol–water partition coefficient (Wildman–Crippen LogP) is 3.70. The number of halogens is 1. The molecule has 1 heterocycles. The van der Waals surface area contributed by atoms with Gasteiger partial charge in [0.05, 0.1) is 3.79 Å². The van der Waals surface area contributed by atoms with Gasteiger partial charge in [-0.15, -0.1) is 11.3 Å². The quantitative estimate of drug-likeness (QED) is 0.891. The van der Waals surface area contributed by atoms with Gasteiger partial charge in [0.15, 0.2) is 0 Å². The van der Waals surface area contributed by atoms with Crippen LogP contribution in [0.2, 0.25) is 0 Å². The second-order valence-electron chi connectivity index (χ2n) is 4.06. The van der Waals surface area contributed by atoms with Crippen molar-refractivity contribution in [3.8, 4) is 0 Å².